The van der Waals surface area contributed by atoms with Gasteiger partial charge in [0.25, 0.3) is 0 Å². The second-order valence-corrected chi connectivity index (χ2v) is 7.17. The van der Waals surface area contributed by atoms with Crippen molar-refractivity contribution in [3.8, 4) is 0 Å². The van der Waals surface area contributed by atoms with E-state index in [1.54, 1.807) is 0 Å². The number of alkyl halides is 2. The molecular weight excluding hydrogens is 329 g/mol. The van der Waals surface area contributed by atoms with Crippen LogP contribution in [0.15, 0.2) is 60.7 Å². The molecule has 0 N–H and O–H groups in total. The second-order valence-electron chi connectivity index (χ2n) is 3.63. The molecule has 4 heteroatoms. The van der Waals surface area contributed by atoms with Crippen LogP contribution in [-0.4, -0.2) is 11.0 Å². The predicted molar refractivity (Wildman–Crippen MR) is 79.4 cm³/mol. The predicted octanol–water partition coefficient (Wildman–Crippen LogP) is 3.92. The zero-order valence-corrected chi connectivity index (χ0v) is 13.0. The Balaban J connectivity index is 0.00000162. The molecule has 0 fully saturated rings. The smallest absolute Gasteiger partial charge is 0.0750 e. The van der Waals surface area contributed by atoms with Gasteiger partial charge < -0.3 is 0 Å². The minimum Gasteiger partial charge on any atom is -0.125 e. The number of hydrogen-bond acceptors (Lipinski definition) is 0. The first kappa shape index (κ1) is 16.0. The van der Waals surface area contributed by atoms with Crippen LogP contribution in [0.2, 0.25) is 0 Å². The molecule has 2 aromatic rings. The van der Waals surface area contributed by atoms with E-state index in [4.69, 9.17) is 23.2 Å². The van der Waals surface area contributed by atoms with Crippen LogP contribution >= 0.6 is 31.1 Å². The number of hydrogen-bond donors (Lipinski definition) is 0. The molecule has 0 bridgehead atoms. The van der Waals surface area contributed by atoms with Gasteiger partial charge in [-0.05, 0) is 18.5 Å². The fourth-order valence-corrected chi connectivity index (χ4v) is 4.88. The summed E-state index contributed by atoms with van der Waals surface area (Å²) >= 11 is 12.3. The monoisotopic (exact) mass is 340 g/mol. The summed E-state index contributed by atoms with van der Waals surface area (Å²) in [6.07, 6.45) is 0. The molecule has 0 aliphatic heterocycles. The summed E-state index contributed by atoms with van der Waals surface area (Å²) in [5.74, 6) is 0.469. The summed E-state index contributed by atoms with van der Waals surface area (Å²) in [6.45, 7) is 0. The van der Waals surface area contributed by atoms with Gasteiger partial charge in [-0.2, -0.15) is 0 Å². The summed E-state index contributed by atoms with van der Waals surface area (Å²) in [7, 11) is -0.579. The van der Waals surface area contributed by atoms with Crippen LogP contribution in [0, 0.1) is 0 Å². The molecule has 18 heavy (non-hydrogen) atoms. The first-order valence-corrected chi connectivity index (χ1v) is 7.80. The van der Waals surface area contributed by atoms with Gasteiger partial charge in [-0.15, -0.1) is 23.2 Å². The fraction of sp³-hybridized carbons (Fsp3) is 0.143. The molecule has 0 nitrogen and oxygen atoms in total. The van der Waals surface area contributed by atoms with E-state index < -0.39 is 7.92 Å². The Hall–Kier alpha value is -0.0565. The molecule has 0 heterocycles. The van der Waals surface area contributed by atoms with Gasteiger partial charge in [0.2, 0.25) is 0 Å². The standard InChI is InChI=1S/C14H13Cl2P.Ni/c15-11-14(16)17(12-7-3-1-4-8-12)13-9-5-2-6-10-13;/h1-10,14H,11H2;. The van der Waals surface area contributed by atoms with Gasteiger partial charge in [0.15, 0.2) is 0 Å². The van der Waals surface area contributed by atoms with E-state index in [-0.39, 0.29) is 21.6 Å². The molecule has 1 unspecified atom stereocenters. The van der Waals surface area contributed by atoms with Crippen molar-refractivity contribution in [2.75, 3.05) is 5.88 Å². The minimum atomic E-state index is -0.579. The van der Waals surface area contributed by atoms with Crippen molar-refractivity contribution in [2.24, 2.45) is 0 Å². The number of halogens is 2. The molecule has 2 aromatic carbocycles. The van der Waals surface area contributed by atoms with Crippen molar-refractivity contribution in [1.29, 1.82) is 0 Å². The Morgan fingerprint density at radius 3 is 1.56 bits per heavy atom. The fourth-order valence-electron chi connectivity index (χ4n) is 1.72. The molecule has 0 aromatic heterocycles. The zero-order valence-electron chi connectivity index (χ0n) is 9.58. The van der Waals surface area contributed by atoms with Crippen LogP contribution in [-0.2, 0) is 16.5 Å². The maximum absolute atomic E-state index is 6.40. The van der Waals surface area contributed by atoms with Gasteiger partial charge in [0.1, 0.15) is 0 Å². The van der Waals surface area contributed by atoms with Crippen molar-refractivity contribution in [3.05, 3.63) is 60.7 Å². The maximum Gasteiger partial charge on any atom is 0.0750 e. The Kier molecular flexibility index (Phi) is 7.27. The molecule has 1 atom stereocenters. The summed E-state index contributed by atoms with van der Waals surface area (Å²) in [4.78, 5) is 0. The molecule has 0 aliphatic rings. The molecule has 0 aliphatic carbocycles. The van der Waals surface area contributed by atoms with Crippen molar-refractivity contribution in [1.82, 2.24) is 0 Å². The van der Waals surface area contributed by atoms with E-state index in [9.17, 15) is 0 Å². The Morgan fingerprint density at radius 2 is 1.22 bits per heavy atom. The molecule has 0 amide bonds. The third-order valence-electron chi connectivity index (χ3n) is 2.48. The normalized spacial score (nSPS) is 11.9. The van der Waals surface area contributed by atoms with E-state index in [0.717, 1.165) is 0 Å². The zero-order chi connectivity index (χ0) is 12.1. The third kappa shape index (κ3) is 3.97. The largest absolute Gasteiger partial charge is 0.125 e. The average Bonchev–Trinajstić information content (AvgIpc) is 2.41. The summed E-state index contributed by atoms with van der Waals surface area (Å²) in [6, 6.07) is 20.7. The van der Waals surface area contributed by atoms with E-state index in [1.165, 1.54) is 10.6 Å². The van der Waals surface area contributed by atoms with E-state index in [0.29, 0.717) is 5.88 Å². The molecule has 0 saturated heterocycles. The van der Waals surface area contributed by atoms with Gasteiger partial charge in [0.05, 0.1) is 5.12 Å². The molecular formula is C14H13Cl2NiP. The van der Waals surface area contributed by atoms with Gasteiger partial charge in [-0.25, -0.2) is 0 Å². The Morgan fingerprint density at radius 1 is 0.833 bits per heavy atom. The molecule has 0 spiro atoms. The average molecular weight is 342 g/mol. The Labute approximate surface area is 129 Å². The van der Waals surface area contributed by atoms with Crippen molar-refractivity contribution in [3.63, 3.8) is 0 Å². The van der Waals surface area contributed by atoms with Crippen LogP contribution in [0.5, 0.6) is 0 Å². The van der Waals surface area contributed by atoms with E-state index in [1.807, 2.05) is 36.4 Å². The van der Waals surface area contributed by atoms with Crippen LogP contribution in [0.4, 0.5) is 0 Å². The second kappa shape index (κ2) is 8.18. The van der Waals surface area contributed by atoms with Crippen LogP contribution in [0.1, 0.15) is 0 Å². The molecule has 0 radical (unpaired) electrons. The number of rotatable bonds is 4. The first-order chi connectivity index (χ1) is 8.33. The maximum atomic E-state index is 6.40. The first-order valence-electron chi connectivity index (χ1n) is 5.42. The summed E-state index contributed by atoms with van der Waals surface area (Å²) in [5.41, 5.74) is 0. The van der Waals surface area contributed by atoms with Gasteiger partial charge in [0, 0.05) is 22.4 Å². The third-order valence-corrected chi connectivity index (χ3v) is 6.35. The van der Waals surface area contributed by atoms with Crippen molar-refractivity contribution < 1.29 is 16.5 Å². The topological polar surface area (TPSA) is 0 Å². The Bertz CT molecular complexity index is 410. The molecule has 0 saturated carbocycles. The van der Waals surface area contributed by atoms with E-state index >= 15 is 0 Å². The van der Waals surface area contributed by atoms with Crippen molar-refractivity contribution >= 4 is 41.7 Å². The van der Waals surface area contributed by atoms with Gasteiger partial charge >= 0.3 is 0 Å². The van der Waals surface area contributed by atoms with Gasteiger partial charge in [-0.3, -0.25) is 0 Å². The number of benzene rings is 2. The SMILES string of the molecule is ClCC(Cl)P(c1ccccc1)c1ccccc1.[Ni]. The van der Waals surface area contributed by atoms with Crippen molar-refractivity contribution in [2.45, 2.75) is 5.12 Å². The van der Waals surface area contributed by atoms with Gasteiger partial charge in [-0.1, -0.05) is 60.7 Å². The van der Waals surface area contributed by atoms with E-state index in [2.05, 4.69) is 24.3 Å². The molecule has 2 rings (SSSR count). The van der Waals surface area contributed by atoms with Crippen LogP contribution in [0.25, 0.3) is 0 Å². The minimum absolute atomic E-state index is 0. The summed E-state index contributed by atoms with van der Waals surface area (Å²) < 4.78 is 0. The summed E-state index contributed by atoms with van der Waals surface area (Å²) in [5, 5.41) is 2.51. The van der Waals surface area contributed by atoms with Crippen LogP contribution in [0.3, 0.4) is 0 Å². The van der Waals surface area contributed by atoms with Crippen LogP contribution < -0.4 is 10.6 Å². The molecule has 98 valence electrons. The quantitative estimate of drug-likeness (QED) is 0.449.